The lowest BCUT2D eigenvalue weighted by Gasteiger charge is -2.45. The molecule has 0 spiro atoms. The summed E-state index contributed by atoms with van der Waals surface area (Å²) in [6.07, 6.45) is 3.02. The van der Waals surface area contributed by atoms with Crippen molar-refractivity contribution in [1.29, 1.82) is 10.5 Å². The van der Waals surface area contributed by atoms with Crippen LogP contribution in [0.3, 0.4) is 0 Å². The van der Waals surface area contributed by atoms with Crippen molar-refractivity contribution in [3.05, 3.63) is 69.8 Å². The van der Waals surface area contributed by atoms with Gasteiger partial charge in [-0.15, -0.1) is 0 Å². The number of fused-ring (bicyclic) bond motifs is 2. The van der Waals surface area contributed by atoms with Gasteiger partial charge in [-0.25, -0.2) is 9.59 Å². The molecule has 7 nitrogen and oxygen atoms in total. The number of carbonyl (C=O) groups is 2. The molecule has 0 saturated heterocycles. The maximum atomic E-state index is 13.7. The van der Waals surface area contributed by atoms with E-state index < -0.39 is 23.3 Å². The number of benzene rings is 2. The van der Waals surface area contributed by atoms with Gasteiger partial charge in [0.15, 0.2) is 0 Å². The van der Waals surface area contributed by atoms with Crippen molar-refractivity contribution in [1.82, 2.24) is 9.80 Å². The molecular weight excluding hydrogens is 488 g/mol. The Hall–Kier alpha value is -3.84. The zero-order valence-electron chi connectivity index (χ0n) is 23.9. The summed E-state index contributed by atoms with van der Waals surface area (Å²) in [5.74, 6) is 0. The normalized spacial score (nSPS) is 18.6. The first-order valence-electron chi connectivity index (χ1n) is 13.7. The highest BCUT2D eigenvalue weighted by atomic mass is 16.6. The van der Waals surface area contributed by atoms with Crippen molar-refractivity contribution in [2.24, 2.45) is 0 Å². The fraction of sp³-hybridized carbons (Fsp3) is 0.500. The number of amides is 2. The van der Waals surface area contributed by atoms with Gasteiger partial charge in [0, 0.05) is 23.2 Å². The van der Waals surface area contributed by atoms with Crippen LogP contribution in [0, 0.1) is 22.7 Å². The van der Waals surface area contributed by atoms with Gasteiger partial charge in [0.2, 0.25) is 0 Å². The molecule has 0 aliphatic heterocycles. The van der Waals surface area contributed by atoms with Crippen LogP contribution >= 0.6 is 0 Å². The number of aryl methyl sites for hydroxylation is 2. The van der Waals surface area contributed by atoms with Crippen LogP contribution < -0.4 is 0 Å². The molecule has 0 saturated carbocycles. The first-order chi connectivity index (χ1) is 18.3. The number of ether oxygens (including phenoxy) is 1. The van der Waals surface area contributed by atoms with Gasteiger partial charge in [0.25, 0.3) is 0 Å². The van der Waals surface area contributed by atoms with Crippen molar-refractivity contribution in [2.75, 3.05) is 0 Å². The second-order valence-electron chi connectivity index (χ2n) is 12.7. The summed E-state index contributed by atoms with van der Waals surface area (Å²) in [7, 11) is 0. The zero-order valence-corrected chi connectivity index (χ0v) is 23.9. The highest BCUT2D eigenvalue weighted by Gasteiger charge is 2.41. The van der Waals surface area contributed by atoms with Gasteiger partial charge >= 0.3 is 12.2 Å². The molecule has 0 bridgehead atoms. The summed E-state index contributed by atoms with van der Waals surface area (Å²) >= 11 is 0. The molecule has 4 rings (SSSR count). The summed E-state index contributed by atoms with van der Waals surface area (Å²) in [6, 6.07) is 15.6. The second-order valence-corrected chi connectivity index (χ2v) is 12.7. The van der Waals surface area contributed by atoms with E-state index in [1.54, 1.807) is 9.80 Å². The van der Waals surface area contributed by atoms with Gasteiger partial charge in [-0.05, 0) is 127 Å². The van der Waals surface area contributed by atoms with E-state index >= 15 is 0 Å². The smallest absolute Gasteiger partial charge is 0.359 e. The van der Waals surface area contributed by atoms with Gasteiger partial charge in [0.05, 0.1) is 23.3 Å². The Bertz CT molecular complexity index is 1250. The van der Waals surface area contributed by atoms with Crippen LogP contribution in [-0.2, 0) is 30.4 Å². The lowest BCUT2D eigenvalue weighted by Crippen LogP contribution is -2.57. The van der Waals surface area contributed by atoms with Gasteiger partial charge in [0.1, 0.15) is 0 Å². The van der Waals surface area contributed by atoms with Crippen molar-refractivity contribution in [2.45, 2.75) is 103 Å². The van der Waals surface area contributed by atoms with E-state index in [2.05, 4.69) is 12.1 Å². The summed E-state index contributed by atoms with van der Waals surface area (Å²) in [5.41, 5.74) is 4.70. The Morgan fingerprint density at radius 1 is 0.718 bits per heavy atom. The molecule has 2 atom stereocenters. The number of rotatable bonds is 2. The van der Waals surface area contributed by atoms with Crippen LogP contribution in [0.1, 0.15) is 87.8 Å². The molecule has 1 unspecified atom stereocenters. The van der Waals surface area contributed by atoms with Crippen molar-refractivity contribution < 1.29 is 14.3 Å². The molecule has 39 heavy (non-hydrogen) atoms. The Morgan fingerprint density at radius 3 is 1.44 bits per heavy atom. The Kier molecular flexibility index (Phi) is 7.75. The van der Waals surface area contributed by atoms with Crippen LogP contribution in [0.2, 0.25) is 0 Å². The largest absolute Gasteiger partial charge is 0.419 e. The fourth-order valence-corrected chi connectivity index (χ4v) is 6.17. The number of hydrogen-bond acceptors (Lipinski definition) is 5. The van der Waals surface area contributed by atoms with E-state index in [0.29, 0.717) is 24.0 Å². The van der Waals surface area contributed by atoms with Crippen LogP contribution in [0.25, 0.3) is 0 Å². The topological polar surface area (TPSA) is 97.4 Å². The van der Waals surface area contributed by atoms with Crippen molar-refractivity contribution in [3.8, 4) is 12.1 Å². The average Bonchev–Trinajstić information content (AvgIpc) is 2.86. The monoisotopic (exact) mass is 526 g/mol. The maximum absolute atomic E-state index is 13.7. The Balaban J connectivity index is 1.53. The second kappa shape index (κ2) is 10.7. The molecule has 0 aromatic heterocycles. The SMILES string of the molecule is CC(C)(C)N(C(=O)OC(=O)N([C@@H]1CCc2cc(C#N)ccc2C1)C(C)(C)C)C1CCc2cc(C#N)ccc2C1. The predicted molar refractivity (Wildman–Crippen MR) is 149 cm³/mol. The molecule has 0 N–H and O–H groups in total. The van der Waals surface area contributed by atoms with Crippen LogP contribution in [0.4, 0.5) is 9.59 Å². The minimum Gasteiger partial charge on any atom is -0.359 e. The number of nitrogens with zero attached hydrogens (tertiary/aromatic N) is 4. The van der Waals surface area contributed by atoms with E-state index in [1.165, 1.54) is 0 Å². The van der Waals surface area contributed by atoms with E-state index in [1.807, 2.05) is 77.9 Å². The van der Waals surface area contributed by atoms with Crippen molar-refractivity contribution in [3.63, 3.8) is 0 Å². The molecule has 0 fully saturated rings. The number of hydrogen-bond donors (Lipinski definition) is 0. The van der Waals surface area contributed by atoms with E-state index in [9.17, 15) is 20.1 Å². The van der Waals surface area contributed by atoms with Crippen LogP contribution in [0.5, 0.6) is 0 Å². The molecule has 2 aromatic rings. The molecule has 2 aromatic carbocycles. The molecule has 2 amide bonds. The molecule has 204 valence electrons. The third kappa shape index (κ3) is 6.09. The van der Waals surface area contributed by atoms with Gasteiger partial charge in [-0.3, -0.25) is 9.80 Å². The molecule has 7 heteroatoms. The summed E-state index contributed by atoms with van der Waals surface area (Å²) in [4.78, 5) is 30.8. The number of carbonyl (C=O) groups excluding carboxylic acids is 2. The van der Waals surface area contributed by atoms with Gasteiger partial charge < -0.3 is 4.74 Å². The maximum Gasteiger partial charge on any atom is 0.419 e. The molecule has 0 heterocycles. The quantitative estimate of drug-likeness (QED) is 0.428. The first kappa shape index (κ1) is 28.2. The fourth-order valence-electron chi connectivity index (χ4n) is 6.17. The minimum absolute atomic E-state index is 0.121. The lowest BCUT2D eigenvalue weighted by atomic mass is 9.85. The van der Waals surface area contributed by atoms with Crippen LogP contribution in [-0.4, -0.2) is 45.1 Å². The molecule has 2 aliphatic rings. The standard InChI is InChI=1S/C32H38N4O3/c1-31(2,3)35(27-13-11-23-15-21(19-33)7-9-25(23)17-27)29(37)39-30(38)36(32(4,5)6)28-14-12-24-16-22(20-34)8-10-26(24)18-28/h7-10,15-16,27-28H,11-14,17-18H2,1-6H3/t27-,28?/m1/s1. The van der Waals surface area contributed by atoms with E-state index in [-0.39, 0.29) is 12.1 Å². The average molecular weight is 527 g/mol. The predicted octanol–water partition coefficient (Wildman–Crippen LogP) is 6.30. The Morgan fingerprint density at radius 2 is 1.10 bits per heavy atom. The summed E-state index contributed by atoms with van der Waals surface area (Å²) in [6.45, 7) is 11.8. The third-order valence-electron chi connectivity index (χ3n) is 7.82. The zero-order chi connectivity index (χ0) is 28.5. The first-order valence-corrected chi connectivity index (χ1v) is 13.7. The van der Waals surface area contributed by atoms with Crippen molar-refractivity contribution >= 4 is 12.2 Å². The van der Waals surface area contributed by atoms with Crippen LogP contribution in [0.15, 0.2) is 36.4 Å². The van der Waals surface area contributed by atoms with E-state index in [0.717, 1.165) is 47.9 Å². The van der Waals surface area contributed by atoms with E-state index in [4.69, 9.17) is 4.74 Å². The lowest BCUT2D eigenvalue weighted by molar-refractivity contribution is 0.0240. The summed E-state index contributed by atoms with van der Waals surface area (Å²) in [5, 5.41) is 18.5. The molecular formula is C32H38N4O3. The highest BCUT2D eigenvalue weighted by Crippen LogP contribution is 2.33. The molecule has 2 aliphatic carbocycles. The molecule has 0 radical (unpaired) electrons. The highest BCUT2D eigenvalue weighted by molar-refractivity contribution is 5.85. The minimum atomic E-state index is -0.626. The third-order valence-corrected chi connectivity index (χ3v) is 7.82. The Labute approximate surface area is 232 Å². The number of nitriles is 2. The van der Waals surface area contributed by atoms with Gasteiger partial charge in [-0.1, -0.05) is 12.1 Å². The van der Waals surface area contributed by atoms with Gasteiger partial charge in [-0.2, -0.15) is 10.5 Å². The summed E-state index contributed by atoms with van der Waals surface area (Å²) < 4.78 is 5.67.